The quantitative estimate of drug-likeness (QED) is 0.521. The van der Waals surface area contributed by atoms with Crippen LogP contribution in [0.2, 0.25) is 0 Å². The van der Waals surface area contributed by atoms with Crippen LogP contribution in [0.3, 0.4) is 0 Å². The summed E-state index contributed by atoms with van der Waals surface area (Å²) < 4.78 is 21.4. The van der Waals surface area contributed by atoms with Crippen LogP contribution < -0.4 is 10.5 Å². The molecular formula is C9H18N4O5S. The van der Waals surface area contributed by atoms with E-state index >= 15 is 0 Å². The maximum Gasteiger partial charge on any atom is 0.317 e. The van der Waals surface area contributed by atoms with Crippen molar-refractivity contribution in [3.63, 3.8) is 0 Å². The summed E-state index contributed by atoms with van der Waals surface area (Å²) in [6.07, 6.45) is 0. The summed E-state index contributed by atoms with van der Waals surface area (Å²) in [7, 11) is -3.58. The highest BCUT2D eigenvalue weighted by Gasteiger charge is 2.22. The molecule has 2 amide bonds. The van der Waals surface area contributed by atoms with Gasteiger partial charge in [0.2, 0.25) is 10.0 Å². The minimum atomic E-state index is -3.58. The Hall–Kier alpha value is -1.39. The lowest BCUT2D eigenvalue weighted by atomic mass is 10.3. The molecule has 0 aromatic rings. The van der Waals surface area contributed by atoms with Gasteiger partial charge in [-0.1, -0.05) is 0 Å². The molecule has 19 heavy (non-hydrogen) atoms. The first-order valence-electron chi connectivity index (χ1n) is 5.75. The largest absolute Gasteiger partial charge is 0.480 e. The predicted molar refractivity (Wildman–Crippen MR) is 67.0 cm³/mol. The van der Waals surface area contributed by atoms with Crippen molar-refractivity contribution in [2.45, 2.75) is 0 Å². The van der Waals surface area contributed by atoms with E-state index in [0.717, 1.165) is 0 Å². The molecule has 4 N–H and O–H groups in total. The fourth-order valence-corrected chi connectivity index (χ4v) is 2.10. The lowest BCUT2D eigenvalue weighted by molar-refractivity contribution is -0.138. The van der Waals surface area contributed by atoms with Gasteiger partial charge in [0, 0.05) is 32.7 Å². The lowest BCUT2D eigenvalue weighted by Crippen LogP contribution is -2.53. The van der Waals surface area contributed by atoms with Crippen LogP contribution in [0.25, 0.3) is 0 Å². The number of primary sulfonamides is 1. The summed E-state index contributed by atoms with van der Waals surface area (Å²) in [6, 6.07) is -0.362. The van der Waals surface area contributed by atoms with Crippen LogP contribution in [0.5, 0.6) is 0 Å². The fraction of sp³-hybridized carbons (Fsp3) is 0.778. The predicted octanol–water partition coefficient (Wildman–Crippen LogP) is -2.31. The van der Waals surface area contributed by atoms with Crippen molar-refractivity contribution in [3.05, 3.63) is 0 Å². The molecule has 0 aromatic carbocycles. The maximum atomic E-state index is 11.7. The van der Waals surface area contributed by atoms with Crippen LogP contribution in [-0.2, 0) is 14.8 Å². The molecule has 10 heteroatoms. The van der Waals surface area contributed by atoms with Gasteiger partial charge < -0.3 is 15.3 Å². The van der Waals surface area contributed by atoms with E-state index in [2.05, 4.69) is 5.32 Å². The number of carboxylic acids is 1. The van der Waals surface area contributed by atoms with E-state index in [4.69, 9.17) is 10.2 Å². The van der Waals surface area contributed by atoms with Crippen LogP contribution in [0.1, 0.15) is 0 Å². The number of carboxylic acid groups (broad SMARTS) is 1. The Balaban J connectivity index is 2.27. The van der Waals surface area contributed by atoms with Crippen molar-refractivity contribution in [1.29, 1.82) is 0 Å². The Kier molecular flexibility index (Phi) is 5.51. The van der Waals surface area contributed by atoms with E-state index in [-0.39, 0.29) is 24.9 Å². The van der Waals surface area contributed by atoms with E-state index in [1.807, 2.05) is 0 Å². The van der Waals surface area contributed by atoms with Crippen molar-refractivity contribution in [1.82, 2.24) is 15.1 Å². The van der Waals surface area contributed by atoms with Gasteiger partial charge in [-0.05, 0) is 0 Å². The average Bonchev–Trinajstić information content (AvgIpc) is 2.27. The number of rotatable bonds is 5. The number of urea groups is 1. The molecule has 0 aromatic heterocycles. The summed E-state index contributed by atoms with van der Waals surface area (Å²) in [5.41, 5.74) is 0. The van der Waals surface area contributed by atoms with E-state index in [0.29, 0.717) is 26.2 Å². The standard InChI is InChI=1S/C9H18N4O5S/c10-19(17,18)6-1-11-9(16)13-4-2-12(3-5-13)7-8(14)15/h1-7H2,(H,11,16)(H,14,15)(H2,10,17,18). The molecule has 9 nitrogen and oxygen atoms in total. The smallest absolute Gasteiger partial charge is 0.317 e. The number of nitrogens with one attached hydrogen (secondary N) is 1. The van der Waals surface area contributed by atoms with Gasteiger partial charge in [-0.2, -0.15) is 0 Å². The molecule has 0 aliphatic carbocycles. The average molecular weight is 294 g/mol. The molecule has 0 radical (unpaired) electrons. The summed E-state index contributed by atoms with van der Waals surface area (Å²) in [5, 5.41) is 15.9. The molecule has 1 saturated heterocycles. The second kappa shape index (κ2) is 6.68. The third-order valence-corrected chi connectivity index (χ3v) is 3.45. The second-order valence-corrected chi connectivity index (χ2v) is 5.99. The molecule has 1 aliphatic rings. The van der Waals surface area contributed by atoms with Crippen LogP contribution in [0.4, 0.5) is 4.79 Å². The van der Waals surface area contributed by atoms with Crippen molar-refractivity contribution in [3.8, 4) is 0 Å². The number of carbonyl (C=O) groups is 2. The number of hydrogen-bond acceptors (Lipinski definition) is 5. The number of hydrogen-bond donors (Lipinski definition) is 3. The minimum absolute atomic E-state index is 0.0347. The Morgan fingerprint density at radius 1 is 1.21 bits per heavy atom. The fourth-order valence-electron chi connectivity index (χ4n) is 1.71. The SMILES string of the molecule is NS(=O)(=O)CCNC(=O)N1CCN(CC(=O)O)CC1. The highest BCUT2D eigenvalue weighted by molar-refractivity contribution is 7.89. The van der Waals surface area contributed by atoms with E-state index in [1.165, 1.54) is 4.90 Å². The van der Waals surface area contributed by atoms with Gasteiger partial charge in [-0.3, -0.25) is 9.69 Å². The molecule has 110 valence electrons. The van der Waals surface area contributed by atoms with Gasteiger partial charge in [0.05, 0.1) is 12.3 Å². The Morgan fingerprint density at radius 2 is 1.79 bits per heavy atom. The molecule has 0 bridgehead atoms. The highest BCUT2D eigenvalue weighted by Crippen LogP contribution is 2.01. The Bertz CT molecular complexity index is 430. The first-order valence-corrected chi connectivity index (χ1v) is 7.47. The van der Waals surface area contributed by atoms with Gasteiger partial charge in [-0.25, -0.2) is 18.4 Å². The lowest BCUT2D eigenvalue weighted by Gasteiger charge is -2.33. The molecule has 0 atom stereocenters. The van der Waals surface area contributed by atoms with Crippen LogP contribution in [-0.4, -0.2) is 80.3 Å². The first kappa shape index (κ1) is 15.7. The molecule has 0 saturated carbocycles. The number of sulfonamides is 1. The third-order valence-electron chi connectivity index (χ3n) is 2.68. The van der Waals surface area contributed by atoms with Crippen molar-refractivity contribution in [2.24, 2.45) is 5.14 Å². The molecule has 1 fully saturated rings. The van der Waals surface area contributed by atoms with Gasteiger partial charge in [0.15, 0.2) is 0 Å². The topological polar surface area (TPSA) is 133 Å². The summed E-state index contributed by atoms with van der Waals surface area (Å²) >= 11 is 0. The minimum Gasteiger partial charge on any atom is -0.480 e. The first-order chi connectivity index (χ1) is 8.78. The third kappa shape index (κ3) is 6.36. The number of aliphatic carboxylic acids is 1. The molecular weight excluding hydrogens is 276 g/mol. The Labute approximate surface area is 111 Å². The van der Waals surface area contributed by atoms with E-state index in [9.17, 15) is 18.0 Å². The van der Waals surface area contributed by atoms with E-state index in [1.54, 1.807) is 4.90 Å². The normalized spacial score (nSPS) is 17.2. The monoisotopic (exact) mass is 294 g/mol. The van der Waals surface area contributed by atoms with Crippen molar-refractivity contribution in [2.75, 3.05) is 45.0 Å². The van der Waals surface area contributed by atoms with Crippen LogP contribution >= 0.6 is 0 Å². The zero-order valence-corrected chi connectivity index (χ0v) is 11.2. The number of carbonyl (C=O) groups excluding carboxylic acids is 1. The summed E-state index contributed by atoms with van der Waals surface area (Å²) in [5.74, 6) is -1.20. The number of piperazine rings is 1. The number of nitrogens with zero attached hydrogens (tertiary/aromatic N) is 2. The van der Waals surface area contributed by atoms with Gasteiger partial charge in [0.25, 0.3) is 0 Å². The number of amides is 2. The number of nitrogens with two attached hydrogens (primary N) is 1. The second-order valence-electron chi connectivity index (χ2n) is 4.26. The van der Waals surface area contributed by atoms with Crippen LogP contribution in [0.15, 0.2) is 0 Å². The van der Waals surface area contributed by atoms with Crippen molar-refractivity contribution < 1.29 is 23.1 Å². The molecule has 1 heterocycles. The van der Waals surface area contributed by atoms with Gasteiger partial charge in [0.1, 0.15) is 0 Å². The van der Waals surface area contributed by atoms with Gasteiger partial charge in [-0.15, -0.1) is 0 Å². The zero-order valence-electron chi connectivity index (χ0n) is 10.4. The molecule has 1 rings (SSSR count). The zero-order chi connectivity index (χ0) is 14.5. The Morgan fingerprint density at radius 3 is 2.26 bits per heavy atom. The summed E-state index contributed by atoms with van der Waals surface area (Å²) in [4.78, 5) is 25.4. The van der Waals surface area contributed by atoms with Gasteiger partial charge >= 0.3 is 12.0 Å². The molecule has 0 spiro atoms. The molecule has 1 aliphatic heterocycles. The maximum absolute atomic E-state index is 11.7. The van der Waals surface area contributed by atoms with Crippen LogP contribution in [0, 0.1) is 0 Å². The molecule has 0 unspecified atom stereocenters. The van der Waals surface area contributed by atoms with Crippen molar-refractivity contribution >= 4 is 22.0 Å². The summed E-state index contributed by atoms with van der Waals surface area (Å²) in [6.45, 7) is 1.71. The van der Waals surface area contributed by atoms with E-state index < -0.39 is 16.0 Å². The highest BCUT2D eigenvalue weighted by atomic mass is 32.2.